The van der Waals surface area contributed by atoms with Crippen LogP contribution >= 0.6 is 0 Å². The van der Waals surface area contributed by atoms with Crippen molar-refractivity contribution in [2.45, 2.75) is 0 Å². The second kappa shape index (κ2) is 8.05. The molecule has 3 heterocycles. The van der Waals surface area contributed by atoms with E-state index >= 15 is 0 Å². The van der Waals surface area contributed by atoms with Crippen molar-refractivity contribution in [3.8, 4) is 22.6 Å². The van der Waals surface area contributed by atoms with Crippen molar-refractivity contribution in [1.29, 1.82) is 0 Å². The molecule has 2 aromatic carbocycles. The predicted molar refractivity (Wildman–Crippen MR) is 122 cm³/mol. The monoisotopic (exact) mass is 388 g/mol. The molecule has 5 aromatic rings. The molecule has 0 radical (unpaired) electrons. The molecule has 4 heteroatoms. The minimum atomic E-state index is 0.841. The Hall–Kier alpha value is -4.18. The molecule has 3 aromatic heterocycles. The highest BCUT2D eigenvalue weighted by molar-refractivity contribution is 5.78. The molecule has 0 aliphatic rings. The van der Waals surface area contributed by atoms with Crippen LogP contribution in [0.3, 0.4) is 0 Å². The molecule has 0 fully saturated rings. The lowest BCUT2D eigenvalue weighted by Gasteiger charge is -2.25. The fraction of sp³-hybridized carbons (Fsp3) is 0. The summed E-state index contributed by atoms with van der Waals surface area (Å²) in [6, 6.07) is 34.7. The highest BCUT2D eigenvalue weighted by Crippen LogP contribution is 2.35. The van der Waals surface area contributed by atoms with Gasteiger partial charge in [0.25, 0.3) is 0 Å². The molecule has 0 unspecified atom stereocenters. The van der Waals surface area contributed by atoms with Gasteiger partial charge < -0.3 is 4.98 Å². The third kappa shape index (κ3) is 3.59. The highest BCUT2D eigenvalue weighted by atomic mass is 15.2. The molecule has 30 heavy (non-hydrogen) atoms. The zero-order valence-electron chi connectivity index (χ0n) is 16.3. The smallest absolute Gasteiger partial charge is 0.138 e. The van der Waals surface area contributed by atoms with E-state index in [1.54, 1.807) is 6.20 Å². The molecule has 144 valence electrons. The number of hydrogen-bond acceptors (Lipinski definition) is 3. The Labute approximate surface area is 175 Å². The van der Waals surface area contributed by atoms with Gasteiger partial charge in [0.05, 0.1) is 11.4 Å². The minimum Gasteiger partial charge on any atom is -0.361 e. The standard InChI is InChI=1S/C26H20N4/c1-2-10-21(11-3-1)30(22-12-6-9-20(19-22)23-15-8-18-27-23)26-16-7-14-25(29-26)24-13-4-5-17-28-24/h1-19,27H. The maximum absolute atomic E-state index is 4.94. The van der Waals surface area contributed by atoms with Crippen LogP contribution in [0, 0.1) is 0 Å². The van der Waals surface area contributed by atoms with E-state index in [1.807, 2.05) is 66.9 Å². The zero-order valence-corrected chi connectivity index (χ0v) is 16.3. The fourth-order valence-electron chi connectivity index (χ4n) is 3.52. The van der Waals surface area contributed by atoms with Gasteiger partial charge in [-0.2, -0.15) is 0 Å². The topological polar surface area (TPSA) is 44.8 Å². The third-order valence-corrected chi connectivity index (χ3v) is 4.92. The van der Waals surface area contributed by atoms with Crippen LogP contribution in [0.5, 0.6) is 0 Å². The number of hydrogen-bond donors (Lipinski definition) is 1. The van der Waals surface area contributed by atoms with Crippen LogP contribution in [0.15, 0.2) is 116 Å². The maximum Gasteiger partial charge on any atom is 0.138 e. The SMILES string of the molecule is c1ccc(N(c2cccc(-c3ccc[nH]3)c2)c2cccc(-c3ccccn3)n2)cc1. The Bertz CT molecular complexity index is 1230. The second-order valence-electron chi connectivity index (χ2n) is 6.90. The fourth-order valence-corrected chi connectivity index (χ4v) is 3.52. The first-order valence-electron chi connectivity index (χ1n) is 9.86. The average Bonchev–Trinajstić information content (AvgIpc) is 3.36. The van der Waals surface area contributed by atoms with E-state index in [4.69, 9.17) is 4.98 Å². The third-order valence-electron chi connectivity index (χ3n) is 4.92. The lowest BCUT2D eigenvalue weighted by molar-refractivity contribution is 1.17. The molecule has 0 bridgehead atoms. The van der Waals surface area contributed by atoms with Crippen molar-refractivity contribution >= 4 is 17.2 Å². The van der Waals surface area contributed by atoms with Crippen LogP contribution in [-0.4, -0.2) is 15.0 Å². The first-order chi connectivity index (χ1) is 14.9. The number of anilines is 3. The molecule has 0 aliphatic heterocycles. The normalized spacial score (nSPS) is 10.7. The van der Waals surface area contributed by atoms with Crippen LogP contribution in [0.1, 0.15) is 0 Å². The van der Waals surface area contributed by atoms with Gasteiger partial charge in [-0.05, 0) is 66.2 Å². The number of H-pyrrole nitrogens is 1. The summed E-state index contributed by atoms with van der Waals surface area (Å²) in [5.74, 6) is 0.841. The average molecular weight is 388 g/mol. The highest BCUT2D eigenvalue weighted by Gasteiger charge is 2.15. The molecule has 0 saturated carbocycles. The van der Waals surface area contributed by atoms with E-state index in [0.717, 1.165) is 39.8 Å². The summed E-state index contributed by atoms with van der Waals surface area (Å²) in [5, 5.41) is 0. The van der Waals surface area contributed by atoms with Crippen molar-refractivity contribution in [1.82, 2.24) is 15.0 Å². The van der Waals surface area contributed by atoms with Gasteiger partial charge in [-0.25, -0.2) is 4.98 Å². The van der Waals surface area contributed by atoms with Gasteiger partial charge in [-0.3, -0.25) is 9.88 Å². The van der Waals surface area contributed by atoms with Crippen molar-refractivity contribution in [2.24, 2.45) is 0 Å². The van der Waals surface area contributed by atoms with E-state index in [0.29, 0.717) is 0 Å². The lowest BCUT2D eigenvalue weighted by Crippen LogP contribution is -2.12. The second-order valence-corrected chi connectivity index (χ2v) is 6.90. The summed E-state index contributed by atoms with van der Waals surface area (Å²) < 4.78 is 0. The van der Waals surface area contributed by atoms with Gasteiger partial charge in [0, 0.05) is 29.5 Å². The molecule has 0 aliphatic carbocycles. The van der Waals surface area contributed by atoms with Crippen molar-refractivity contribution in [3.63, 3.8) is 0 Å². The Balaban J connectivity index is 1.64. The van der Waals surface area contributed by atoms with E-state index in [-0.39, 0.29) is 0 Å². The largest absolute Gasteiger partial charge is 0.361 e. The predicted octanol–water partition coefficient (Wildman–Crippen LogP) is 6.61. The maximum atomic E-state index is 4.94. The molecule has 4 nitrogen and oxygen atoms in total. The molecule has 0 atom stereocenters. The molecular formula is C26H20N4. The van der Waals surface area contributed by atoms with Gasteiger partial charge in [0.2, 0.25) is 0 Å². The summed E-state index contributed by atoms with van der Waals surface area (Å²) >= 11 is 0. The van der Waals surface area contributed by atoms with Gasteiger partial charge >= 0.3 is 0 Å². The lowest BCUT2D eigenvalue weighted by atomic mass is 10.1. The minimum absolute atomic E-state index is 0.841. The summed E-state index contributed by atoms with van der Waals surface area (Å²) in [4.78, 5) is 14.9. The zero-order chi connectivity index (χ0) is 20.2. The summed E-state index contributed by atoms with van der Waals surface area (Å²) in [6.07, 6.45) is 3.73. The van der Waals surface area contributed by atoms with Gasteiger partial charge in [0.15, 0.2) is 0 Å². The van der Waals surface area contributed by atoms with Crippen molar-refractivity contribution in [3.05, 3.63) is 116 Å². The number of pyridine rings is 2. The van der Waals surface area contributed by atoms with Crippen molar-refractivity contribution in [2.75, 3.05) is 4.90 Å². The van der Waals surface area contributed by atoms with Gasteiger partial charge in [-0.1, -0.05) is 42.5 Å². The summed E-state index contributed by atoms with van der Waals surface area (Å²) in [6.45, 7) is 0. The number of para-hydroxylation sites is 1. The number of nitrogens with one attached hydrogen (secondary N) is 1. The molecule has 0 amide bonds. The Kier molecular flexibility index (Phi) is 4.80. The Morgan fingerprint density at radius 1 is 0.633 bits per heavy atom. The summed E-state index contributed by atoms with van der Waals surface area (Å²) in [7, 11) is 0. The van der Waals surface area contributed by atoms with Crippen LogP contribution in [0.25, 0.3) is 22.6 Å². The van der Waals surface area contributed by atoms with Crippen LogP contribution in [0.2, 0.25) is 0 Å². The molecule has 1 N–H and O–H groups in total. The Morgan fingerprint density at radius 3 is 2.23 bits per heavy atom. The molecular weight excluding hydrogens is 368 g/mol. The van der Waals surface area contributed by atoms with Crippen LogP contribution in [0.4, 0.5) is 17.2 Å². The number of benzene rings is 2. The quantitative estimate of drug-likeness (QED) is 0.368. The van der Waals surface area contributed by atoms with Crippen LogP contribution in [-0.2, 0) is 0 Å². The van der Waals surface area contributed by atoms with E-state index in [2.05, 4.69) is 57.3 Å². The summed E-state index contributed by atoms with van der Waals surface area (Å²) in [5.41, 5.74) is 5.99. The number of aromatic amines is 1. The first kappa shape index (κ1) is 17.9. The van der Waals surface area contributed by atoms with E-state index in [1.165, 1.54) is 0 Å². The van der Waals surface area contributed by atoms with E-state index in [9.17, 15) is 0 Å². The van der Waals surface area contributed by atoms with Crippen molar-refractivity contribution < 1.29 is 0 Å². The first-order valence-corrected chi connectivity index (χ1v) is 9.86. The molecule has 5 rings (SSSR count). The van der Waals surface area contributed by atoms with Gasteiger partial charge in [0.1, 0.15) is 5.82 Å². The Morgan fingerprint density at radius 2 is 1.43 bits per heavy atom. The molecule has 0 spiro atoms. The van der Waals surface area contributed by atoms with Crippen LogP contribution < -0.4 is 4.90 Å². The number of rotatable bonds is 5. The van der Waals surface area contributed by atoms with Gasteiger partial charge in [-0.15, -0.1) is 0 Å². The number of aromatic nitrogens is 3. The van der Waals surface area contributed by atoms with E-state index < -0.39 is 0 Å². The molecule has 0 saturated heterocycles. The number of nitrogens with zero attached hydrogens (tertiary/aromatic N) is 3.